The molecule has 0 aliphatic heterocycles. The van der Waals surface area contributed by atoms with Crippen LogP contribution in [0.15, 0.2) is 35.1 Å². The van der Waals surface area contributed by atoms with E-state index in [1.165, 1.54) is 17.5 Å². The van der Waals surface area contributed by atoms with Crippen molar-refractivity contribution in [1.29, 1.82) is 0 Å². The standard InChI is InChI=1S/C20H22N2O2/c1-12-9-13(2)22-19(24)17(12)18(23)21-11-15-10-20(15)8-7-14-5-3-4-6-16(14)20/h3-6,9,15H,7-8,10-11H2,1-2H3,(H,21,23)(H,22,24)/t15-,20+/m1/s1. The largest absolute Gasteiger partial charge is 0.352 e. The minimum Gasteiger partial charge on any atom is -0.352 e. The molecule has 1 fully saturated rings. The van der Waals surface area contributed by atoms with Crippen molar-refractivity contribution in [3.63, 3.8) is 0 Å². The van der Waals surface area contributed by atoms with Crippen LogP contribution in [-0.2, 0) is 11.8 Å². The molecule has 24 heavy (non-hydrogen) atoms. The van der Waals surface area contributed by atoms with Gasteiger partial charge in [-0.2, -0.15) is 0 Å². The van der Waals surface area contributed by atoms with Crippen LogP contribution in [-0.4, -0.2) is 17.4 Å². The molecular weight excluding hydrogens is 300 g/mol. The molecule has 0 unspecified atom stereocenters. The van der Waals surface area contributed by atoms with Crippen LogP contribution in [0.4, 0.5) is 0 Å². The van der Waals surface area contributed by atoms with Crippen LogP contribution in [0.1, 0.15) is 45.6 Å². The summed E-state index contributed by atoms with van der Waals surface area (Å²) in [6.45, 7) is 4.27. The van der Waals surface area contributed by atoms with Crippen molar-refractivity contribution in [2.45, 2.75) is 38.5 Å². The molecule has 0 bridgehead atoms. The second-order valence-corrected chi connectivity index (χ2v) is 7.26. The van der Waals surface area contributed by atoms with Crippen molar-refractivity contribution in [2.75, 3.05) is 6.54 Å². The highest BCUT2D eigenvalue weighted by Gasteiger charge is 2.57. The Kier molecular flexibility index (Phi) is 3.37. The number of amides is 1. The topological polar surface area (TPSA) is 62.0 Å². The van der Waals surface area contributed by atoms with Crippen LogP contribution in [0.3, 0.4) is 0 Å². The third-order valence-electron chi connectivity index (χ3n) is 5.73. The van der Waals surface area contributed by atoms with Crippen molar-refractivity contribution in [2.24, 2.45) is 5.92 Å². The van der Waals surface area contributed by atoms with Crippen molar-refractivity contribution >= 4 is 5.91 Å². The SMILES string of the molecule is Cc1cc(C)c(C(=O)NC[C@H]2C[C@@]23CCc2ccccc23)c(=O)[nH]1. The number of carbonyl (C=O) groups excluding carboxylic acids is 1. The van der Waals surface area contributed by atoms with Crippen LogP contribution in [0.5, 0.6) is 0 Å². The predicted octanol–water partition coefficient (Wildman–Crippen LogP) is 2.63. The third kappa shape index (κ3) is 2.29. The van der Waals surface area contributed by atoms with Crippen molar-refractivity contribution in [3.8, 4) is 0 Å². The normalized spacial score (nSPS) is 24.0. The minimum absolute atomic E-state index is 0.238. The van der Waals surface area contributed by atoms with Gasteiger partial charge in [0, 0.05) is 17.7 Å². The lowest BCUT2D eigenvalue weighted by Crippen LogP contribution is -2.33. The third-order valence-corrected chi connectivity index (χ3v) is 5.73. The number of nitrogens with one attached hydrogen (secondary N) is 2. The van der Waals surface area contributed by atoms with E-state index in [0.29, 0.717) is 12.5 Å². The van der Waals surface area contributed by atoms with Gasteiger partial charge >= 0.3 is 0 Å². The number of H-pyrrole nitrogens is 1. The number of carbonyl (C=O) groups is 1. The first-order valence-corrected chi connectivity index (χ1v) is 8.58. The fourth-order valence-electron chi connectivity index (χ4n) is 4.44. The number of hydrogen-bond acceptors (Lipinski definition) is 2. The number of fused-ring (bicyclic) bond motifs is 2. The maximum absolute atomic E-state index is 12.4. The second-order valence-electron chi connectivity index (χ2n) is 7.26. The summed E-state index contributed by atoms with van der Waals surface area (Å²) < 4.78 is 0. The molecule has 1 spiro atoms. The maximum Gasteiger partial charge on any atom is 0.261 e. The van der Waals surface area contributed by atoms with Gasteiger partial charge < -0.3 is 10.3 Å². The summed E-state index contributed by atoms with van der Waals surface area (Å²) >= 11 is 0. The molecule has 1 aromatic carbocycles. The highest BCUT2D eigenvalue weighted by atomic mass is 16.2. The molecule has 4 nitrogen and oxygen atoms in total. The molecule has 2 N–H and O–H groups in total. The van der Waals surface area contributed by atoms with Gasteiger partial charge in [0.25, 0.3) is 11.5 Å². The average Bonchev–Trinajstić information content (AvgIpc) is 3.11. The number of aryl methyl sites for hydroxylation is 3. The highest BCUT2D eigenvalue weighted by Crippen LogP contribution is 2.61. The Bertz CT molecular complexity index is 883. The molecule has 2 aromatic rings. The molecule has 124 valence electrons. The van der Waals surface area contributed by atoms with E-state index in [1.54, 1.807) is 0 Å². The molecule has 2 aliphatic carbocycles. The lowest BCUT2D eigenvalue weighted by molar-refractivity contribution is 0.0948. The summed E-state index contributed by atoms with van der Waals surface area (Å²) in [5.74, 6) is 0.219. The average molecular weight is 322 g/mol. The molecule has 1 heterocycles. The number of benzene rings is 1. The quantitative estimate of drug-likeness (QED) is 0.912. The summed E-state index contributed by atoms with van der Waals surface area (Å²) in [5, 5.41) is 2.99. The van der Waals surface area contributed by atoms with Crippen molar-refractivity contribution < 1.29 is 4.79 Å². The molecule has 4 rings (SSSR count). The van der Waals surface area contributed by atoms with Gasteiger partial charge in [0.15, 0.2) is 0 Å². The second kappa shape index (κ2) is 5.33. The van der Waals surface area contributed by atoms with Crippen LogP contribution in [0.25, 0.3) is 0 Å². The Balaban J connectivity index is 1.47. The van der Waals surface area contributed by atoms with Gasteiger partial charge in [0.2, 0.25) is 0 Å². The maximum atomic E-state index is 12.4. The van der Waals surface area contributed by atoms with Crippen LogP contribution in [0, 0.1) is 19.8 Å². The first-order valence-electron chi connectivity index (χ1n) is 8.58. The van der Waals surface area contributed by atoms with E-state index in [2.05, 4.69) is 34.6 Å². The fraction of sp³-hybridized carbons (Fsp3) is 0.400. The van der Waals surface area contributed by atoms with Gasteiger partial charge in [-0.1, -0.05) is 24.3 Å². The summed E-state index contributed by atoms with van der Waals surface area (Å²) in [5.41, 5.74) is 4.62. The zero-order chi connectivity index (χ0) is 16.9. The molecule has 0 saturated heterocycles. The minimum atomic E-state index is -0.304. The van der Waals surface area contributed by atoms with Gasteiger partial charge in [0.1, 0.15) is 5.56 Å². The molecule has 2 aliphatic rings. The number of aromatic nitrogens is 1. The van der Waals surface area contributed by atoms with E-state index in [4.69, 9.17) is 0 Å². The molecule has 4 heteroatoms. The number of hydrogen-bond donors (Lipinski definition) is 2. The molecule has 1 saturated carbocycles. The van der Waals surface area contributed by atoms with E-state index in [-0.39, 0.29) is 22.4 Å². The first kappa shape index (κ1) is 15.2. The molecule has 0 radical (unpaired) electrons. The van der Waals surface area contributed by atoms with Crippen molar-refractivity contribution in [1.82, 2.24) is 10.3 Å². The lowest BCUT2D eigenvalue weighted by atomic mass is 9.95. The summed E-state index contributed by atoms with van der Waals surface area (Å²) in [6, 6.07) is 10.5. The van der Waals surface area contributed by atoms with Crippen LogP contribution >= 0.6 is 0 Å². The summed E-state index contributed by atoms with van der Waals surface area (Å²) in [4.78, 5) is 27.2. The van der Waals surface area contributed by atoms with E-state index < -0.39 is 0 Å². The zero-order valence-corrected chi connectivity index (χ0v) is 14.1. The van der Waals surface area contributed by atoms with E-state index in [9.17, 15) is 9.59 Å². The van der Waals surface area contributed by atoms with Gasteiger partial charge in [-0.25, -0.2) is 0 Å². The van der Waals surface area contributed by atoms with Crippen molar-refractivity contribution in [3.05, 3.63) is 68.6 Å². The zero-order valence-electron chi connectivity index (χ0n) is 14.1. The van der Waals surface area contributed by atoms with E-state index >= 15 is 0 Å². The molecule has 1 amide bonds. The van der Waals surface area contributed by atoms with Gasteiger partial charge in [-0.15, -0.1) is 0 Å². The number of rotatable bonds is 3. The smallest absolute Gasteiger partial charge is 0.261 e. The Morgan fingerprint density at radius 2 is 2.12 bits per heavy atom. The summed E-state index contributed by atoms with van der Waals surface area (Å²) in [6.07, 6.45) is 3.45. The highest BCUT2D eigenvalue weighted by molar-refractivity contribution is 5.95. The van der Waals surface area contributed by atoms with E-state index in [0.717, 1.165) is 24.1 Å². The Hall–Kier alpha value is -2.36. The number of aromatic amines is 1. The van der Waals surface area contributed by atoms with Crippen LogP contribution in [0.2, 0.25) is 0 Å². The Morgan fingerprint density at radius 1 is 1.33 bits per heavy atom. The Labute approximate surface area is 141 Å². The monoisotopic (exact) mass is 322 g/mol. The van der Waals surface area contributed by atoms with Crippen LogP contribution < -0.4 is 10.9 Å². The Morgan fingerprint density at radius 3 is 2.92 bits per heavy atom. The lowest BCUT2D eigenvalue weighted by Gasteiger charge is -2.12. The summed E-state index contributed by atoms with van der Waals surface area (Å²) in [7, 11) is 0. The fourth-order valence-corrected chi connectivity index (χ4v) is 4.44. The molecule has 1 aromatic heterocycles. The van der Waals surface area contributed by atoms with Gasteiger partial charge in [0.05, 0.1) is 0 Å². The predicted molar refractivity (Wildman–Crippen MR) is 93.4 cm³/mol. The molecule has 2 atom stereocenters. The number of pyridine rings is 1. The first-order chi connectivity index (χ1) is 11.5. The van der Waals surface area contributed by atoms with E-state index in [1.807, 2.05) is 19.9 Å². The molecular formula is C20H22N2O2. The van der Waals surface area contributed by atoms with Gasteiger partial charge in [-0.05, 0) is 61.8 Å². The van der Waals surface area contributed by atoms with Gasteiger partial charge in [-0.3, -0.25) is 9.59 Å².